The van der Waals surface area contributed by atoms with Gasteiger partial charge in [0.05, 0.1) is 10.6 Å². The summed E-state index contributed by atoms with van der Waals surface area (Å²) in [5.74, 6) is 0.525. The van der Waals surface area contributed by atoms with E-state index in [2.05, 4.69) is 28.8 Å². The molecule has 0 amide bonds. The van der Waals surface area contributed by atoms with E-state index in [1.165, 1.54) is 16.4 Å². The summed E-state index contributed by atoms with van der Waals surface area (Å²) in [7, 11) is 3.74. The van der Waals surface area contributed by atoms with Crippen LogP contribution in [0.15, 0.2) is 0 Å². The molecule has 4 nitrogen and oxygen atoms in total. The monoisotopic (exact) mass is 243 g/mol. The van der Waals surface area contributed by atoms with Crippen LogP contribution in [-0.4, -0.2) is 30.4 Å². The molecular formula is C11H21N3OS. The first-order valence-corrected chi connectivity index (χ1v) is 6.49. The Balaban J connectivity index is 2.73. The fourth-order valence-electron chi connectivity index (χ4n) is 1.84. The van der Waals surface area contributed by atoms with Gasteiger partial charge >= 0.3 is 0 Å². The first-order valence-electron chi connectivity index (χ1n) is 5.71. The van der Waals surface area contributed by atoms with Crippen molar-refractivity contribution in [2.24, 2.45) is 5.92 Å². The number of nitrogens with zero attached hydrogens (tertiary/aromatic N) is 2. The first kappa shape index (κ1) is 13.5. The summed E-state index contributed by atoms with van der Waals surface area (Å²) in [5, 5.41) is 7.53. The minimum absolute atomic E-state index is 0.338. The van der Waals surface area contributed by atoms with Crippen LogP contribution in [0.5, 0.6) is 0 Å². The quantitative estimate of drug-likeness (QED) is 0.796. The van der Waals surface area contributed by atoms with Crippen molar-refractivity contribution in [1.82, 2.24) is 14.9 Å². The molecule has 5 heteroatoms. The van der Waals surface area contributed by atoms with Gasteiger partial charge in [-0.15, -0.1) is 5.10 Å². The molecule has 0 spiro atoms. The molecule has 1 aromatic rings. The van der Waals surface area contributed by atoms with Crippen molar-refractivity contribution in [3.63, 3.8) is 0 Å². The van der Waals surface area contributed by atoms with Gasteiger partial charge in [0, 0.05) is 19.8 Å². The number of aromatic nitrogens is 2. The zero-order chi connectivity index (χ0) is 12.0. The van der Waals surface area contributed by atoms with Crippen LogP contribution in [0.25, 0.3) is 0 Å². The maximum absolute atomic E-state index is 5.13. The molecule has 0 bridgehead atoms. The van der Waals surface area contributed by atoms with Gasteiger partial charge in [0.15, 0.2) is 0 Å². The van der Waals surface area contributed by atoms with Gasteiger partial charge in [0.1, 0.15) is 0 Å². The van der Waals surface area contributed by atoms with E-state index >= 15 is 0 Å². The van der Waals surface area contributed by atoms with Gasteiger partial charge in [-0.25, -0.2) is 0 Å². The van der Waals surface area contributed by atoms with Crippen molar-refractivity contribution in [3.05, 3.63) is 10.6 Å². The molecule has 0 fully saturated rings. The van der Waals surface area contributed by atoms with Crippen molar-refractivity contribution in [2.45, 2.75) is 32.7 Å². The number of methoxy groups -OCH3 is 1. The summed E-state index contributed by atoms with van der Waals surface area (Å²) < 4.78 is 9.17. The van der Waals surface area contributed by atoms with Crippen LogP contribution >= 0.6 is 11.5 Å². The SMILES string of the molecule is CCc1nnsc1C(NC)C(C)CCOC. The Morgan fingerprint density at radius 2 is 2.25 bits per heavy atom. The number of nitrogens with one attached hydrogen (secondary N) is 1. The van der Waals surface area contributed by atoms with Crippen molar-refractivity contribution in [1.29, 1.82) is 0 Å². The lowest BCUT2D eigenvalue weighted by atomic mass is 9.96. The van der Waals surface area contributed by atoms with Crippen LogP contribution in [0.1, 0.15) is 36.9 Å². The molecule has 1 heterocycles. The maximum atomic E-state index is 5.13. The highest BCUT2D eigenvalue weighted by molar-refractivity contribution is 7.05. The molecule has 2 atom stereocenters. The van der Waals surface area contributed by atoms with Gasteiger partial charge in [0.2, 0.25) is 0 Å². The molecule has 0 aromatic carbocycles. The van der Waals surface area contributed by atoms with E-state index in [4.69, 9.17) is 4.74 Å². The second-order valence-corrected chi connectivity index (χ2v) is 4.75. The zero-order valence-corrected chi connectivity index (χ0v) is 11.3. The van der Waals surface area contributed by atoms with Crippen LogP contribution < -0.4 is 5.32 Å². The van der Waals surface area contributed by atoms with Gasteiger partial charge in [0.25, 0.3) is 0 Å². The topological polar surface area (TPSA) is 47.0 Å². The number of ether oxygens (including phenoxy) is 1. The predicted molar refractivity (Wildman–Crippen MR) is 66.7 cm³/mol. The fourth-order valence-corrected chi connectivity index (χ4v) is 2.82. The summed E-state index contributed by atoms with van der Waals surface area (Å²) in [4.78, 5) is 1.27. The Labute approximate surface area is 102 Å². The molecule has 0 saturated carbocycles. The number of hydrogen-bond donors (Lipinski definition) is 1. The lowest BCUT2D eigenvalue weighted by molar-refractivity contribution is 0.171. The average molecular weight is 243 g/mol. The second kappa shape index (κ2) is 6.93. The number of rotatable bonds is 7. The van der Waals surface area contributed by atoms with Crippen molar-refractivity contribution < 1.29 is 4.74 Å². The molecule has 0 aliphatic rings. The Bertz CT molecular complexity index is 303. The first-order chi connectivity index (χ1) is 7.74. The van der Waals surface area contributed by atoms with Crippen LogP contribution in [0, 0.1) is 5.92 Å². The Hall–Kier alpha value is -0.520. The normalized spacial score (nSPS) is 15.0. The molecule has 1 rings (SSSR count). The molecule has 1 N–H and O–H groups in total. The van der Waals surface area contributed by atoms with Gasteiger partial charge in [-0.2, -0.15) is 0 Å². The lowest BCUT2D eigenvalue weighted by Crippen LogP contribution is -2.24. The van der Waals surface area contributed by atoms with Crippen LogP contribution in [-0.2, 0) is 11.2 Å². The summed E-state index contributed by atoms with van der Waals surface area (Å²) >= 11 is 1.50. The van der Waals surface area contributed by atoms with Gasteiger partial charge in [-0.3, -0.25) is 0 Å². The Morgan fingerprint density at radius 1 is 1.50 bits per heavy atom. The smallest absolute Gasteiger partial charge is 0.0801 e. The Kier molecular flexibility index (Phi) is 5.87. The summed E-state index contributed by atoms with van der Waals surface area (Å²) in [6.07, 6.45) is 1.99. The fraction of sp³-hybridized carbons (Fsp3) is 0.818. The highest BCUT2D eigenvalue weighted by Gasteiger charge is 2.22. The second-order valence-electron chi connectivity index (χ2n) is 3.96. The highest BCUT2D eigenvalue weighted by Crippen LogP contribution is 2.28. The van der Waals surface area contributed by atoms with Crippen molar-refractivity contribution in [3.8, 4) is 0 Å². The summed E-state index contributed by atoms with van der Waals surface area (Å²) in [5.41, 5.74) is 1.12. The van der Waals surface area contributed by atoms with Crippen molar-refractivity contribution >= 4 is 11.5 Å². The van der Waals surface area contributed by atoms with Gasteiger partial charge in [-0.1, -0.05) is 18.3 Å². The molecule has 1 aromatic heterocycles. The lowest BCUT2D eigenvalue weighted by Gasteiger charge is -2.22. The van der Waals surface area contributed by atoms with E-state index in [9.17, 15) is 0 Å². The van der Waals surface area contributed by atoms with E-state index in [1.54, 1.807) is 7.11 Å². The van der Waals surface area contributed by atoms with Crippen LogP contribution in [0.4, 0.5) is 0 Å². The largest absolute Gasteiger partial charge is 0.385 e. The minimum atomic E-state index is 0.338. The van der Waals surface area contributed by atoms with E-state index in [1.807, 2.05) is 7.05 Å². The number of hydrogen-bond acceptors (Lipinski definition) is 5. The number of aryl methyl sites for hydroxylation is 1. The molecule has 0 aliphatic carbocycles. The summed E-state index contributed by atoms with van der Waals surface area (Å²) in [6.45, 7) is 5.15. The van der Waals surface area contributed by atoms with Gasteiger partial charge < -0.3 is 10.1 Å². The molecule has 0 radical (unpaired) electrons. The molecule has 0 saturated heterocycles. The third kappa shape index (κ3) is 3.23. The molecule has 0 aliphatic heterocycles. The summed E-state index contributed by atoms with van der Waals surface area (Å²) in [6, 6.07) is 0.338. The van der Waals surface area contributed by atoms with E-state index in [-0.39, 0.29) is 0 Å². The highest BCUT2D eigenvalue weighted by atomic mass is 32.1. The van der Waals surface area contributed by atoms with E-state index in [0.717, 1.165) is 25.1 Å². The molecule has 2 unspecified atom stereocenters. The van der Waals surface area contributed by atoms with E-state index < -0.39 is 0 Å². The molecule has 16 heavy (non-hydrogen) atoms. The third-order valence-electron chi connectivity index (χ3n) is 2.86. The third-order valence-corrected chi connectivity index (χ3v) is 3.71. The maximum Gasteiger partial charge on any atom is 0.0801 e. The minimum Gasteiger partial charge on any atom is -0.385 e. The van der Waals surface area contributed by atoms with Crippen LogP contribution in [0.2, 0.25) is 0 Å². The average Bonchev–Trinajstić information content (AvgIpc) is 2.75. The molecule has 92 valence electrons. The molecular weight excluding hydrogens is 222 g/mol. The van der Waals surface area contributed by atoms with Gasteiger partial charge in [-0.05, 0) is 37.3 Å². The van der Waals surface area contributed by atoms with Crippen LogP contribution in [0.3, 0.4) is 0 Å². The zero-order valence-electron chi connectivity index (χ0n) is 10.5. The standard InChI is InChI=1S/C11H21N3OS/c1-5-9-11(16-14-13-9)10(12-3)8(2)6-7-15-4/h8,10,12H,5-7H2,1-4H3. The van der Waals surface area contributed by atoms with E-state index in [0.29, 0.717) is 12.0 Å². The Morgan fingerprint density at radius 3 is 2.81 bits per heavy atom. The predicted octanol–water partition coefficient (Wildman–Crippen LogP) is 2.03. The van der Waals surface area contributed by atoms with Crippen molar-refractivity contribution in [2.75, 3.05) is 20.8 Å².